The third-order valence-corrected chi connectivity index (χ3v) is 3.34. The number of furan rings is 1. The lowest BCUT2D eigenvalue weighted by molar-refractivity contribution is -0.135. The molecule has 0 spiro atoms. The molecule has 0 aromatic carbocycles. The van der Waals surface area contributed by atoms with Crippen molar-refractivity contribution in [1.29, 1.82) is 0 Å². The maximum atomic E-state index is 12.1. The fourth-order valence-corrected chi connectivity index (χ4v) is 2.09. The zero-order valence-electron chi connectivity index (χ0n) is 15.1. The van der Waals surface area contributed by atoms with Crippen LogP contribution in [0.25, 0.3) is 0 Å². The lowest BCUT2D eigenvalue weighted by atomic mass is 10.2. The molecular weight excluding hydrogens is 462 g/mol. The molecule has 1 aromatic heterocycles. The van der Waals surface area contributed by atoms with E-state index < -0.39 is 12.6 Å². The van der Waals surface area contributed by atoms with Crippen molar-refractivity contribution < 1.29 is 22.3 Å². The number of nitrogens with one attached hydrogen (secondary N) is 2. The first-order chi connectivity index (χ1) is 12.0. The second-order valence-corrected chi connectivity index (χ2v) is 5.54. The average molecular weight is 491 g/mol. The highest BCUT2D eigenvalue weighted by molar-refractivity contribution is 14.0. The standard InChI is InChI=1S/C17H28F3N3O2.HI/c1-2-24-13-6-11-22-16(21-10-4-3-9-17(18,19)20)23-12-8-15-7-5-14-25-15;/h5,7,14H,2-4,6,8-13H2,1H3,(H2,21,22,23);1H. The maximum absolute atomic E-state index is 12.1. The molecule has 0 aliphatic carbocycles. The number of unbranched alkanes of at least 4 members (excludes halogenated alkanes) is 1. The van der Waals surface area contributed by atoms with Crippen LogP contribution in [0, 0.1) is 0 Å². The largest absolute Gasteiger partial charge is 0.469 e. The lowest BCUT2D eigenvalue weighted by Gasteiger charge is -2.13. The second kappa shape index (κ2) is 15.1. The summed E-state index contributed by atoms with van der Waals surface area (Å²) in [6.07, 6.45) is -1.15. The van der Waals surface area contributed by atoms with Crippen LogP contribution >= 0.6 is 24.0 Å². The Morgan fingerprint density at radius 3 is 2.62 bits per heavy atom. The Morgan fingerprint density at radius 1 is 1.19 bits per heavy atom. The smallest absolute Gasteiger partial charge is 0.389 e. The molecule has 1 heterocycles. The zero-order valence-corrected chi connectivity index (χ0v) is 17.4. The van der Waals surface area contributed by atoms with E-state index in [2.05, 4.69) is 15.6 Å². The van der Waals surface area contributed by atoms with Gasteiger partial charge in [-0.3, -0.25) is 4.99 Å². The molecule has 26 heavy (non-hydrogen) atoms. The van der Waals surface area contributed by atoms with E-state index in [-0.39, 0.29) is 30.4 Å². The molecule has 152 valence electrons. The summed E-state index contributed by atoms with van der Waals surface area (Å²) in [4.78, 5) is 4.42. The SMILES string of the molecule is CCOCCCN=C(NCCCCC(F)(F)F)NCCc1ccco1.I. The Morgan fingerprint density at radius 2 is 1.96 bits per heavy atom. The molecule has 9 heteroatoms. The van der Waals surface area contributed by atoms with Crippen molar-refractivity contribution in [3.63, 3.8) is 0 Å². The average Bonchev–Trinajstić information content (AvgIpc) is 3.06. The van der Waals surface area contributed by atoms with Gasteiger partial charge in [-0.25, -0.2) is 0 Å². The fourth-order valence-electron chi connectivity index (χ4n) is 2.09. The molecule has 0 unspecified atom stereocenters. The van der Waals surface area contributed by atoms with Crippen molar-refractivity contribution in [2.24, 2.45) is 4.99 Å². The first-order valence-corrected chi connectivity index (χ1v) is 8.70. The quantitative estimate of drug-likeness (QED) is 0.200. The first-order valence-electron chi connectivity index (χ1n) is 8.70. The van der Waals surface area contributed by atoms with Gasteiger partial charge < -0.3 is 19.8 Å². The van der Waals surface area contributed by atoms with Crippen molar-refractivity contribution >= 4 is 29.9 Å². The van der Waals surface area contributed by atoms with Gasteiger partial charge in [0.05, 0.1) is 6.26 Å². The highest BCUT2D eigenvalue weighted by atomic mass is 127. The number of nitrogens with zero attached hydrogens (tertiary/aromatic N) is 1. The van der Waals surface area contributed by atoms with Crippen LogP contribution in [0.5, 0.6) is 0 Å². The summed E-state index contributed by atoms with van der Waals surface area (Å²) in [5.41, 5.74) is 0. The van der Waals surface area contributed by atoms with Crippen LogP contribution in [-0.4, -0.2) is 45.0 Å². The molecule has 1 rings (SSSR count). The lowest BCUT2D eigenvalue weighted by Crippen LogP contribution is -2.39. The van der Waals surface area contributed by atoms with Crippen molar-refractivity contribution in [2.75, 3.05) is 32.8 Å². The van der Waals surface area contributed by atoms with E-state index in [1.165, 1.54) is 0 Å². The fraction of sp³-hybridized carbons (Fsp3) is 0.706. The van der Waals surface area contributed by atoms with Gasteiger partial charge in [0, 0.05) is 45.7 Å². The first kappa shape index (κ1) is 25.0. The third-order valence-electron chi connectivity index (χ3n) is 3.34. The third kappa shape index (κ3) is 14.2. The van der Waals surface area contributed by atoms with E-state index in [0.717, 1.165) is 12.2 Å². The Kier molecular flexibility index (Phi) is 14.6. The topological polar surface area (TPSA) is 58.8 Å². The second-order valence-electron chi connectivity index (χ2n) is 5.54. The predicted molar refractivity (Wildman–Crippen MR) is 107 cm³/mol. The number of ether oxygens (including phenoxy) is 1. The van der Waals surface area contributed by atoms with Gasteiger partial charge in [0.25, 0.3) is 0 Å². The van der Waals surface area contributed by atoms with Gasteiger partial charge in [0.15, 0.2) is 5.96 Å². The minimum absolute atomic E-state index is 0. The molecule has 0 saturated heterocycles. The molecule has 0 saturated carbocycles. The molecule has 5 nitrogen and oxygen atoms in total. The normalized spacial score (nSPS) is 11.9. The molecule has 0 radical (unpaired) electrons. The number of hydrogen-bond acceptors (Lipinski definition) is 3. The molecule has 0 fully saturated rings. The van der Waals surface area contributed by atoms with E-state index in [1.807, 2.05) is 19.1 Å². The van der Waals surface area contributed by atoms with Crippen LogP contribution in [0.2, 0.25) is 0 Å². The van der Waals surface area contributed by atoms with Gasteiger partial charge in [-0.1, -0.05) is 0 Å². The molecule has 2 N–H and O–H groups in total. The molecular formula is C17H29F3IN3O2. The van der Waals surface area contributed by atoms with E-state index in [0.29, 0.717) is 51.6 Å². The van der Waals surface area contributed by atoms with Gasteiger partial charge in [-0.15, -0.1) is 24.0 Å². The van der Waals surface area contributed by atoms with Gasteiger partial charge in [-0.05, 0) is 38.3 Å². The van der Waals surface area contributed by atoms with Gasteiger partial charge in [0.1, 0.15) is 5.76 Å². The summed E-state index contributed by atoms with van der Waals surface area (Å²) in [5.74, 6) is 1.48. The number of alkyl halides is 3. The van der Waals surface area contributed by atoms with E-state index in [9.17, 15) is 13.2 Å². The number of aliphatic imine (C=N–C) groups is 1. The van der Waals surface area contributed by atoms with Crippen molar-refractivity contribution in [2.45, 2.75) is 45.2 Å². The molecule has 0 bridgehead atoms. The van der Waals surface area contributed by atoms with Crippen molar-refractivity contribution in [3.05, 3.63) is 24.2 Å². The number of halogens is 4. The summed E-state index contributed by atoms with van der Waals surface area (Å²) >= 11 is 0. The minimum Gasteiger partial charge on any atom is -0.469 e. The van der Waals surface area contributed by atoms with Crippen LogP contribution < -0.4 is 10.6 Å². The Bertz CT molecular complexity index is 468. The Hall–Kier alpha value is -0.970. The van der Waals surface area contributed by atoms with Crippen molar-refractivity contribution in [1.82, 2.24) is 10.6 Å². The number of hydrogen-bond donors (Lipinski definition) is 2. The maximum Gasteiger partial charge on any atom is 0.389 e. The minimum atomic E-state index is -4.09. The van der Waals surface area contributed by atoms with Gasteiger partial charge >= 0.3 is 6.18 Å². The van der Waals surface area contributed by atoms with Crippen LogP contribution in [0.1, 0.15) is 38.4 Å². The van der Waals surface area contributed by atoms with Crippen LogP contribution in [-0.2, 0) is 11.2 Å². The van der Waals surface area contributed by atoms with E-state index in [4.69, 9.17) is 9.15 Å². The van der Waals surface area contributed by atoms with E-state index >= 15 is 0 Å². The molecule has 0 aliphatic rings. The molecule has 0 amide bonds. The van der Waals surface area contributed by atoms with E-state index in [1.54, 1.807) is 6.26 Å². The summed E-state index contributed by atoms with van der Waals surface area (Å²) in [5, 5.41) is 6.25. The summed E-state index contributed by atoms with van der Waals surface area (Å²) < 4.78 is 46.9. The van der Waals surface area contributed by atoms with Crippen LogP contribution in [0.3, 0.4) is 0 Å². The van der Waals surface area contributed by atoms with Crippen molar-refractivity contribution in [3.8, 4) is 0 Å². The van der Waals surface area contributed by atoms with Gasteiger partial charge in [0.2, 0.25) is 0 Å². The summed E-state index contributed by atoms with van der Waals surface area (Å²) in [6.45, 7) is 4.94. The molecule has 1 aromatic rings. The summed E-state index contributed by atoms with van der Waals surface area (Å²) in [6, 6.07) is 3.72. The van der Waals surface area contributed by atoms with Crippen LogP contribution in [0.15, 0.2) is 27.8 Å². The van der Waals surface area contributed by atoms with Gasteiger partial charge in [-0.2, -0.15) is 13.2 Å². The molecule has 0 aliphatic heterocycles. The Labute approximate surface area is 170 Å². The summed E-state index contributed by atoms with van der Waals surface area (Å²) in [7, 11) is 0. The number of guanidine groups is 1. The van der Waals surface area contributed by atoms with Crippen LogP contribution in [0.4, 0.5) is 13.2 Å². The Balaban J connectivity index is 0.00000625. The highest BCUT2D eigenvalue weighted by Gasteiger charge is 2.25. The zero-order chi connectivity index (χ0) is 18.4. The predicted octanol–water partition coefficient (Wildman–Crippen LogP) is 4.13. The molecule has 0 atom stereocenters. The highest BCUT2D eigenvalue weighted by Crippen LogP contribution is 2.21. The number of rotatable bonds is 12. The monoisotopic (exact) mass is 491 g/mol.